The van der Waals surface area contributed by atoms with Crippen LogP contribution in [-0.2, 0) is 11.2 Å². The van der Waals surface area contributed by atoms with E-state index in [9.17, 15) is 4.79 Å². The quantitative estimate of drug-likeness (QED) is 0.637. The van der Waals surface area contributed by atoms with Gasteiger partial charge in [0.25, 0.3) is 0 Å². The van der Waals surface area contributed by atoms with E-state index in [1.54, 1.807) is 31.6 Å². The number of benzene rings is 2. The molecule has 1 N–H and O–H groups in total. The molecule has 0 saturated carbocycles. The zero-order chi connectivity index (χ0) is 21.3. The number of hydrogen-bond donors (Lipinski definition) is 1. The van der Waals surface area contributed by atoms with Crippen molar-refractivity contribution in [2.24, 2.45) is 0 Å². The lowest BCUT2D eigenvalue weighted by Gasteiger charge is -2.12. The van der Waals surface area contributed by atoms with Crippen molar-refractivity contribution < 1.29 is 14.3 Å². The number of nitrogens with one attached hydrogen (secondary N) is 1. The molecule has 1 atom stereocenters. The van der Waals surface area contributed by atoms with Crippen molar-refractivity contribution in [2.45, 2.75) is 26.3 Å². The monoisotopic (exact) mass is 401 g/mol. The first-order valence-corrected chi connectivity index (χ1v) is 9.54. The van der Waals surface area contributed by atoms with Gasteiger partial charge in [-0.3, -0.25) is 4.79 Å². The van der Waals surface area contributed by atoms with Gasteiger partial charge in [-0.15, -0.1) is 0 Å². The molecule has 0 saturated heterocycles. The topological polar surface area (TPSA) is 73.3 Å². The number of methoxy groups -OCH3 is 1. The van der Waals surface area contributed by atoms with Gasteiger partial charge in [-0.05, 0) is 43.2 Å². The van der Waals surface area contributed by atoms with Crippen LogP contribution in [0.5, 0.6) is 17.5 Å². The summed E-state index contributed by atoms with van der Waals surface area (Å²) in [4.78, 5) is 19.5. The van der Waals surface area contributed by atoms with Crippen LogP contribution in [0.25, 0.3) is 0 Å². The van der Waals surface area contributed by atoms with Crippen molar-refractivity contribution in [2.75, 3.05) is 7.11 Å². The molecular weight excluding hydrogens is 378 g/mol. The summed E-state index contributed by atoms with van der Waals surface area (Å²) < 4.78 is 10.9. The van der Waals surface area contributed by atoms with Gasteiger partial charge in [0.05, 0.1) is 12.7 Å². The number of amides is 1. The number of nitrogens with zero attached hydrogens (tertiary/aromatic N) is 2. The van der Waals surface area contributed by atoms with Crippen LogP contribution in [0.1, 0.15) is 30.5 Å². The molecule has 6 heteroatoms. The van der Waals surface area contributed by atoms with E-state index in [0.717, 1.165) is 17.5 Å². The van der Waals surface area contributed by atoms with Crippen molar-refractivity contribution in [3.63, 3.8) is 0 Å². The second-order valence-electron chi connectivity index (χ2n) is 6.76. The lowest BCUT2D eigenvalue weighted by molar-refractivity contribution is -0.119. The molecule has 30 heavy (non-hydrogen) atoms. The molecule has 0 fully saturated rings. The molecule has 0 spiro atoms. The standard InChI is InChI=1S/C24H23N3O3/c1-17(27-18(2)28)14-20-11-8-19(9-12-20)10-13-21-15-25-24(26-16-21)30-23-7-5-4-6-22(23)29-3/h4-9,11-12,15-17H,14H2,1-3H3,(H,27,28). The molecule has 1 aromatic heterocycles. The fourth-order valence-electron chi connectivity index (χ4n) is 2.85. The van der Waals surface area contributed by atoms with Gasteiger partial charge >= 0.3 is 6.01 Å². The Labute approximate surface area is 176 Å². The fraction of sp³-hybridized carbons (Fsp3) is 0.208. The van der Waals surface area contributed by atoms with Crippen LogP contribution in [0.2, 0.25) is 0 Å². The first kappa shape index (κ1) is 20.9. The number of rotatable bonds is 6. The van der Waals surface area contributed by atoms with Gasteiger partial charge in [-0.1, -0.05) is 36.1 Å². The van der Waals surface area contributed by atoms with E-state index in [1.165, 1.54) is 6.92 Å². The number of para-hydroxylation sites is 2. The number of hydrogen-bond acceptors (Lipinski definition) is 5. The summed E-state index contributed by atoms with van der Waals surface area (Å²) in [6, 6.07) is 15.6. The van der Waals surface area contributed by atoms with Crippen molar-refractivity contribution >= 4 is 5.91 Å². The molecule has 1 amide bonds. The summed E-state index contributed by atoms with van der Waals surface area (Å²) in [5.41, 5.74) is 2.72. The highest BCUT2D eigenvalue weighted by molar-refractivity contribution is 5.73. The predicted molar refractivity (Wildman–Crippen MR) is 115 cm³/mol. The molecule has 0 radical (unpaired) electrons. The number of carbonyl (C=O) groups is 1. The summed E-state index contributed by atoms with van der Waals surface area (Å²) in [6.07, 6.45) is 4.01. The van der Waals surface area contributed by atoms with Gasteiger partial charge in [0, 0.05) is 30.9 Å². The SMILES string of the molecule is COc1ccccc1Oc1ncc(C#Cc2ccc(CC(C)NC(C)=O)cc2)cn1. The zero-order valence-electron chi connectivity index (χ0n) is 17.2. The van der Waals surface area contributed by atoms with E-state index in [-0.39, 0.29) is 18.0 Å². The molecule has 0 aliphatic heterocycles. The van der Waals surface area contributed by atoms with Gasteiger partial charge in [-0.25, -0.2) is 9.97 Å². The number of carbonyl (C=O) groups excluding carboxylic acids is 1. The summed E-state index contributed by atoms with van der Waals surface area (Å²) >= 11 is 0. The van der Waals surface area contributed by atoms with E-state index in [2.05, 4.69) is 27.1 Å². The molecular formula is C24H23N3O3. The Morgan fingerprint density at radius 3 is 2.27 bits per heavy atom. The molecule has 3 rings (SSSR count). The third-order valence-corrected chi connectivity index (χ3v) is 4.20. The molecule has 6 nitrogen and oxygen atoms in total. The number of aromatic nitrogens is 2. The van der Waals surface area contributed by atoms with Crippen LogP contribution in [0, 0.1) is 11.8 Å². The van der Waals surface area contributed by atoms with Crippen LogP contribution < -0.4 is 14.8 Å². The van der Waals surface area contributed by atoms with Gasteiger partial charge < -0.3 is 14.8 Å². The third kappa shape index (κ3) is 6.08. The van der Waals surface area contributed by atoms with Crippen molar-refractivity contribution in [1.29, 1.82) is 0 Å². The maximum absolute atomic E-state index is 11.1. The van der Waals surface area contributed by atoms with Crippen LogP contribution in [-0.4, -0.2) is 29.0 Å². The number of ether oxygens (including phenoxy) is 2. The highest BCUT2D eigenvalue weighted by atomic mass is 16.5. The van der Waals surface area contributed by atoms with Crippen molar-refractivity contribution in [3.8, 4) is 29.4 Å². The van der Waals surface area contributed by atoms with E-state index in [1.807, 2.05) is 43.3 Å². The molecule has 152 valence electrons. The van der Waals surface area contributed by atoms with Crippen LogP contribution in [0.3, 0.4) is 0 Å². The Bertz CT molecular complexity index is 1050. The van der Waals surface area contributed by atoms with Crippen LogP contribution in [0.15, 0.2) is 60.9 Å². The predicted octanol–water partition coefficient (Wildman–Crippen LogP) is 3.74. The summed E-state index contributed by atoms with van der Waals surface area (Å²) in [6.45, 7) is 3.51. The molecule has 0 aliphatic carbocycles. The van der Waals surface area contributed by atoms with Gasteiger partial charge in [-0.2, -0.15) is 0 Å². The highest BCUT2D eigenvalue weighted by Crippen LogP contribution is 2.28. The Hall–Kier alpha value is -3.85. The van der Waals surface area contributed by atoms with Gasteiger partial charge in [0.2, 0.25) is 5.91 Å². The minimum atomic E-state index is -0.0217. The van der Waals surface area contributed by atoms with Crippen LogP contribution in [0.4, 0.5) is 0 Å². The second-order valence-corrected chi connectivity index (χ2v) is 6.76. The smallest absolute Gasteiger partial charge is 0.322 e. The Morgan fingerprint density at radius 2 is 1.63 bits per heavy atom. The molecule has 0 aliphatic rings. The fourth-order valence-corrected chi connectivity index (χ4v) is 2.85. The molecule has 2 aromatic carbocycles. The second kappa shape index (κ2) is 10.1. The first-order valence-electron chi connectivity index (χ1n) is 9.54. The zero-order valence-corrected chi connectivity index (χ0v) is 17.2. The maximum atomic E-state index is 11.1. The van der Waals surface area contributed by atoms with E-state index < -0.39 is 0 Å². The van der Waals surface area contributed by atoms with E-state index in [0.29, 0.717) is 17.1 Å². The van der Waals surface area contributed by atoms with Crippen molar-refractivity contribution in [3.05, 3.63) is 77.6 Å². The molecule has 0 bridgehead atoms. The first-order chi connectivity index (χ1) is 14.5. The van der Waals surface area contributed by atoms with E-state index in [4.69, 9.17) is 9.47 Å². The average Bonchev–Trinajstić information content (AvgIpc) is 2.74. The van der Waals surface area contributed by atoms with Gasteiger partial charge in [0.15, 0.2) is 11.5 Å². The molecule has 3 aromatic rings. The largest absolute Gasteiger partial charge is 0.493 e. The lowest BCUT2D eigenvalue weighted by atomic mass is 10.1. The summed E-state index contributed by atoms with van der Waals surface area (Å²) in [5, 5.41) is 2.88. The molecule has 1 heterocycles. The molecule has 1 unspecified atom stereocenters. The van der Waals surface area contributed by atoms with Crippen LogP contribution >= 0.6 is 0 Å². The third-order valence-electron chi connectivity index (χ3n) is 4.20. The normalized spacial score (nSPS) is 11.0. The Balaban J connectivity index is 1.61. The Kier molecular flexibility index (Phi) is 7.01. The minimum absolute atomic E-state index is 0.0217. The van der Waals surface area contributed by atoms with E-state index >= 15 is 0 Å². The summed E-state index contributed by atoms with van der Waals surface area (Å²) in [5.74, 6) is 7.29. The van der Waals surface area contributed by atoms with Crippen molar-refractivity contribution in [1.82, 2.24) is 15.3 Å². The lowest BCUT2D eigenvalue weighted by Crippen LogP contribution is -2.31. The van der Waals surface area contributed by atoms with Gasteiger partial charge in [0.1, 0.15) is 0 Å². The minimum Gasteiger partial charge on any atom is -0.493 e. The average molecular weight is 401 g/mol. The summed E-state index contributed by atoms with van der Waals surface area (Å²) in [7, 11) is 1.58. The maximum Gasteiger partial charge on any atom is 0.322 e. The highest BCUT2D eigenvalue weighted by Gasteiger charge is 2.06. The Morgan fingerprint density at radius 1 is 1.00 bits per heavy atom.